The molecule has 2 saturated heterocycles. The summed E-state index contributed by atoms with van der Waals surface area (Å²) in [6.45, 7) is 7.27. The number of rotatable bonds is 7. The van der Waals surface area contributed by atoms with E-state index in [1.807, 2.05) is 39.0 Å². The Morgan fingerprint density at radius 2 is 1.69 bits per heavy atom. The first kappa shape index (κ1) is 24.7. The number of para-hydroxylation sites is 1. The molecule has 8 heteroatoms. The van der Waals surface area contributed by atoms with Gasteiger partial charge in [-0.2, -0.15) is 0 Å². The largest absolute Gasteiger partial charge is 0.496 e. The molecule has 2 aromatic carbocycles. The van der Waals surface area contributed by atoms with Crippen molar-refractivity contribution in [3.8, 4) is 11.5 Å². The molecule has 2 heterocycles. The van der Waals surface area contributed by atoms with Crippen molar-refractivity contribution in [3.05, 3.63) is 52.6 Å². The van der Waals surface area contributed by atoms with Gasteiger partial charge in [0.25, 0.3) is 0 Å². The van der Waals surface area contributed by atoms with Gasteiger partial charge < -0.3 is 14.6 Å². The zero-order valence-corrected chi connectivity index (χ0v) is 21.0. The van der Waals surface area contributed by atoms with Crippen LogP contribution in [0.5, 0.6) is 11.5 Å². The van der Waals surface area contributed by atoms with Gasteiger partial charge in [0.05, 0.1) is 31.7 Å². The highest BCUT2D eigenvalue weighted by molar-refractivity contribution is 6.25. The van der Waals surface area contributed by atoms with Crippen LogP contribution in [0, 0.1) is 18.8 Å². The molecule has 35 heavy (non-hydrogen) atoms. The Bertz CT molecular complexity index is 1190. The molecule has 0 aliphatic carbocycles. The van der Waals surface area contributed by atoms with Crippen LogP contribution in [-0.4, -0.2) is 42.6 Å². The number of methoxy groups -OCH3 is 2. The molecule has 4 unspecified atom stereocenters. The maximum atomic E-state index is 14.0. The Balaban J connectivity index is 1.92. The molecule has 2 aliphatic heterocycles. The second kappa shape index (κ2) is 9.00. The Labute approximate surface area is 205 Å². The topological polar surface area (TPSA) is 105 Å². The van der Waals surface area contributed by atoms with Crippen LogP contribution in [0.1, 0.15) is 49.1 Å². The van der Waals surface area contributed by atoms with E-state index in [4.69, 9.17) is 9.47 Å². The first-order valence-corrected chi connectivity index (χ1v) is 11.9. The van der Waals surface area contributed by atoms with E-state index in [0.29, 0.717) is 35.6 Å². The van der Waals surface area contributed by atoms with E-state index in [1.165, 1.54) is 18.9 Å². The van der Waals surface area contributed by atoms with Crippen molar-refractivity contribution >= 4 is 23.5 Å². The number of imide groups is 1. The van der Waals surface area contributed by atoms with Gasteiger partial charge in [-0.3, -0.25) is 19.7 Å². The minimum absolute atomic E-state index is 0.395. The number of carboxylic acids is 1. The minimum Gasteiger partial charge on any atom is -0.496 e. The number of hydrogen-bond acceptors (Lipinski definition) is 6. The number of hydrogen-bond donors (Lipinski definition) is 2. The van der Waals surface area contributed by atoms with E-state index in [2.05, 4.69) is 5.32 Å². The number of benzene rings is 2. The van der Waals surface area contributed by atoms with Crippen molar-refractivity contribution in [3.63, 3.8) is 0 Å². The van der Waals surface area contributed by atoms with Gasteiger partial charge in [-0.05, 0) is 43.9 Å². The summed E-state index contributed by atoms with van der Waals surface area (Å²) < 4.78 is 11.1. The molecule has 8 nitrogen and oxygen atoms in total. The third-order valence-corrected chi connectivity index (χ3v) is 7.57. The van der Waals surface area contributed by atoms with Crippen molar-refractivity contribution in [2.45, 2.75) is 52.1 Å². The zero-order valence-electron chi connectivity index (χ0n) is 21.0. The van der Waals surface area contributed by atoms with Crippen LogP contribution >= 0.6 is 0 Å². The maximum absolute atomic E-state index is 14.0. The molecule has 0 radical (unpaired) electrons. The van der Waals surface area contributed by atoms with Crippen LogP contribution in [-0.2, 0) is 27.2 Å². The maximum Gasteiger partial charge on any atom is 0.324 e. The SMILES string of the molecule is CCc1cccc(CC)c1N1C(=O)C2C(c3ccc(OC)c(C)c3OC)NC(C)(C(=O)O)C2C1=O. The van der Waals surface area contributed by atoms with Crippen molar-refractivity contribution in [1.82, 2.24) is 5.32 Å². The van der Waals surface area contributed by atoms with Gasteiger partial charge in [0.2, 0.25) is 11.8 Å². The number of ether oxygens (including phenoxy) is 2. The predicted molar refractivity (Wildman–Crippen MR) is 131 cm³/mol. The standard InChI is InChI=1S/C27H32N2O6/c1-7-15-10-9-11-16(8-2)22(15)29-24(30)19-20(25(29)31)27(4,26(32)33)28-21(19)17-12-13-18(34-5)14(3)23(17)35-6/h9-13,19-21,28H,7-8H2,1-6H3,(H,32,33). The summed E-state index contributed by atoms with van der Waals surface area (Å²) in [5, 5.41) is 13.3. The van der Waals surface area contributed by atoms with Gasteiger partial charge in [-0.15, -0.1) is 0 Å². The zero-order chi connectivity index (χ0) is 25.7. The van der Waals surface area contributed by atoms with Crippen LogP contribution in [0.25, 0.3) is 0 Å². The van der Waals surface area contributed by atoms with Gasteiger partial charge >= 0.3 is 5.97 Å². The fourth-order valence-corrected chi connectivity index (χ4v) is 5.76. The average Bonchev–Trinajstić information content (AvgIpc) is 3.31. The molecule has 0 spiro atoms. The average molecular weight is 481 g/mol. The Kier molecular flexibility index (Phi) is 6.36. The molecule has 4 rings (SSSR count). The highest BCUT2D eigenvalue weighted by Gasteiger charge is 2.67. The molecule has 2 aliphatic rings. The summed E-state index contributed by atoms with van der Waals surface area (Å²) >= 11 is 0. The quantitative estimate of drug-likeness (QED) is 0.585. The lowest BCUT2D eigenvalue weighted by molar-refractivity contribution is -0.147. The molecular weight excluding hydrogens is 448 g/mol. The summed E-state index contributed by atoms with van der Waals surface area (Å²) in [7, 11) is 3.08. The van der Waals surface area contributed by atoms with Gasteiger partial charge in [0, 0.05) is 17.2 Å². The third kappa shape index (κ3) is 3.50. The van der Waals surface area contributed by atoms with Gasteiger partial charge in [0.1, 0.15) is 17.0 Å². The first-order chi connectivity index (χ1) is 16.7. The minimum atomic E-state index is -1.64. The fourth-order valence-electron chi connectivity index (χ4n) is 5.76. The molecule has 2 aromatic rings. The predicted octanol–water partition coefficient (Wildman–Crippen LogP) is 3.43. The number of carboxylic acid groups (broad SMARTS) is 1. The van der Waals surface area contributed by atoms with Crippen LogP contribution in [0.4, 0.5) is 5.69 Å². The molecule has 0 aromatic heterocycles. The second-order valence-electron chi connectivity index (χ2n) is 9.29. The summed E-state index contributed by atoms with van der Waals surface area (Å²) in [4.78, 5) is 41.7. The summed E-state index contributed by atoms with van der Waals surface area (Å²) in [5.41, 5.74) is 2.06. The van der Waals surface area contributed by atoms with Gasteiger partial charge in [0.15, 0.2) is 0 Å². The van der Waals surface area contributed by atoms with E-state index in [9.17, 15) is 19.5 Å². The molecule has 2 amide bonds. The Morgan fingerprint density at radius 1 is 1.06 bits per heavy atom. The lowest BCUT2D eigenvalue weighted by Gasteiger charge is -2.29. The molecule has 2 fully saturated rings. The number of carbonyl (C=O) groups is 3. The number of anilines is 1. The Morgan fingerprint density at radius 3 is 2.20 bits per heavy atom. The van der Waals surface area contributed by atoms with Crippen molar-refractivity contribution < 1.29 is 29.0 Å². The summed E-state index contributed by atoms with van der Waals surface area (Å²) in [5.74, 6) is -2.92. The third-order valence-electron chi connectivity index (χ3n) is 7.57. The number of aliphatic carboxylic acids is 1. The molecule has 2 N–H and O–H groups in total. The van der Waals surface area contributed by atoms with E-state index in [1.54, 1.807) is 19.2 Å². The molecule has 186 valence electrons. The van der Waals surface area contributed by atoms with Crippen molar-refractivity contribution in [1.29, 1.82) is 0 Å². The van der Waals surface area contributed by atoms with Crippen LogP contribution < -0.4 is 19.7 Å². The lowest BCUT2D eigenvalue weighted by atomic mass is 9.80. The van der Waals surface area contributed by atoms with E-state index in [0.717, 1.165) is 16.7 Å². The lowest BCUT2D eigenvalue weighted by Crippen LogP contribution is -2.53. The highest BCUT2D eigenvalue weighted by Crippen LogP contribution is 2.52. The van der Waals surface area contributed by atoms with E-state index < -0.39 is 41.2 Å². The van der Waals surface area contributed by atoms with Gasteiger partial charge in [-0.1, -0.05) is 38.1 Å². The second-order valence-corrected chi connectivity index (χ2v) is 9.29. The van der Waals surface area contributed by atoms with E-state index >= 15 is 0 Å². The number of aryl methyl sites for hydroxylation is 2. The van der Waals surface area contributed by atoms with E-state index in [-0.39, 0.29) is 0 Å². The van der Waals surface area contributed by atoms with Crippen molar-refractivity contribution in [2.75, 3.05) is 19.1 Å². The first-order valence-electron chi connectivity index (χ1n) is 11.9. The number of carbonyl (C=O) groups excluding carboxylic acids is 2. The number of amides is 2. The number of nitrogens with zero attached hydrogens (tertiary/aromatic N) is 1. The molecule has 0 saturated carbocycles. The summed E-state index contributed by atoms with van der Waals surface area (Å²) in [6.07, 6.45) is 1.28. The highest BCUT2D eigenvalue weighted by atomic mass is 16.5. The summed E-state index contributed by atoms with van der Waals surface area (Å²) in [6, 6.07) is 8.53. The smallest absolute Gasteiger partial charge is 0.324 e. The fraction of sp³-hybridized carbons (Fsp3) is 0.444. The van der Waals surface area contributed by atoms with Gasteiger partial charge in [-0.25, -0.2) is 4.90 Å². The Hall–Kier alpha value is -3.39. The van der Waals surface area contributed by atoms with Crippen LogP contribution in [0.15, 0.2) is 30.3 Å². The number of nitrogens with one attached hydrogen (secondary N) is 1. The molecule has 4 atom stereocenters. The normalized spacial score (nSPS) is 25.7. The molecular formula is C27H32N2O6. The monoisotopic (exact) mass is 480 g/mol. The molecule has 0 bridgehead atoms. The van der Waals surface area contributed by atoms with Crippen LogP contribution in [0.3, 0.4) is 0 Å². The van der Waals surface area contributed by atoms with Crippen LogP contribution in [0.2, 0.25) is 0 Å². The number of fused-ring (bicyclic) bond motifs is 1. The van der Waals surface area contributed by atoms with Crippen molar-refractivity contribution in [2.24, 2.45) is 11.8 Å².